The Balaban J connectivity index is 1.78. The number of carbonyl (C=O) groups is 1. The number of nitrogens with zero attached hydrogens (tertiary/aromatic N) is 1. The summed E-state index contributed by atoms with van der Waals surface area (Å²) >= 11 is 0. The first-order chi connectivity index (χ1) is 14.8. The standard InChI is InChI=1S/C21H26N2O7S/c1-5-31(25,26)23(16-7-9-18-20(11-16)30-13-29-18)12-21(24)22-14(2)15-6-8-17(27-3)19(10-15)28-4/h6-11,14H,5,12-13H2,1-4H3,(H,22,24). The fourth-order valence-electron chi connectivity index (χ4n) is 3.17. The Hall–Kier alpha value is -3.14. The van der Waals surface area contributed by atoms with Crippen molar-refractivity contribution < 1.29 is 32.2 Å². The van der Waals surface area contributed by atoms with Crippen LogP contribution in [0.5, 0.6) is 23.0 Å². The zero-order valence-corrected chi connectivity index (χ0v) is 18.7. The molecule has 0 fully saturated rings. The molecule has 1 amide bonds. The van der Waals surface area contributed by atoms with Crippen LogP contribution in [-0.2, 0) is 14.8 Å². The van der Waals surface area contributed by atoms with Crippen LogP contribution in [0.4, 0.5) is 5.69 Å². The Labute approximate surface area is 181 Å². The molecular weight excluding hydrogens is 424 g/mol. The quantitative estimate of drug-likeness (QED) is 0.626. The van der Waals surface area contributed by atoms with E-state index in [1.807, 2.05) is 6.07 Å². The van der Waals surface area contributed by atoms with Gasteiger partial charge in [-0.1, -0.05) is 6.07 Å². The fraction of sp³-hybridized carbons (Fsp3) is 0.381. The van der Waals surface area contributed by atoms with Crippen molar-refractivity contribution in [2.24, 2.45) is 0 Å². The van der Waals surface area contributed by atoms with E-state index in [4.69, 9.17) is 18.9 Å². The number of carbonyl (C=O) groups excluding carboxylic acids is 1. The summed E-state index contributed by atoms with van der Waals surface area (Å²) in [7, 11) is -0.632. The highest BCUT2D eigenvalue weighted by Gasteiger charge is 2.26. The highest BCUT2D eigenvalue weighted by Crippen LogP contribution is 2.36. The van der Waals surface area contributed by atoms with E-state index in [1.165, 1.54) is 14.0 Å². The number of fused-ring (bicyclic) bond motifs is 1. The molecule has 0 saturated heterocycles. The molecule has 1 atom stereocenters. The highest BCUT2D eigenvalue weighted by atomic mass is 32.2. The Morgan fingerprint density at radius 1 is 1.10 bits per heavy atom. The van der Waals surface area contributed by atoms with Crippen molar-refractivity contribution in [1.29, 1.82) is 0 Å². The van der Waals surface area contributed by atoms with Gasteiger partial charge in [0.1, 0.15) is 6.54 Å². The maximum absolute atomic E-state index is 12.8. The number of rotatable bonds is 9. The lowest BCUT2D eigenvalue weighted by atomic mass is 10.1. The Kier molecular flexibility index (Phi) is 6.79. The summed E-state index contributed by atoms with van der Waals surface area (Å²) in [5, 5.41) is 2.84. The van der Waals surface area contributed by atoms with Crippen LogP contribution < -0.4 is 28.6 Å². The van der Waals surface area contributed by atoms with Crippen molar-refractivity contribution in [3.8, 4) is 23.0 Å². The van der Waals surface area contributed by atoms with Gasteiger partial charge in [0.15, 0.2) is 23.0 Å². The molecule has 0 saturated carbocycles. The molecule has 0 aliphatic carbocycles. The third kappa shape index (κ3) is 4.96. The van der Waals surface area contributed by atoms with Gasteiger partial charge in [0.25, 0.3) is 0 Å². The minimum absolute atomic E-state index is 0.0721. The number of sulfonamides is 1. The summed E-state index contributed by atoms with van der Waals surface area (Å²) < 4.78 is 47.6. The van der Waals surface area contributed by atoms with Gasteiger partial charge in [0, 0.05) is 6.07 Å². The monoisotopic (exact) mass is 450 g/mol. The first-order valence-corrected chi connectivity index (χ1v) is 11.3. The van der Waals surface area contributed by atoms with Crippen molar-refractivity contribution in [1.82, 2.24) is 5.32 Å². The summed E-state index contributed by atoms with van der Waals surface area (Å²) in [6.45, 7) is 3.04. The van der Waals surface area contributed by atoms with Gasteiger partial charge < -0.3 is 24.3 Å². The van der Waals surface area contributed by atoms with Gasteiger partial charge >= 0.3 is 0 Å². The molecule has 1 unspecified atom stereocenters. The van der Waals surface area contributed by atoms with Gasteiger partial charge in [-0.15, -0.1) is 0 Å². The zero-order chi connectivity index (χ0) is 22.6. The minimum Gasteiger partial charge on any atom is -0.493 e. The number of hydrogen-bond acceptors (Lipinski definition) is 7. The first kappa shape index (κ1) is 22.5. The van der Waals surface area contributed by atoms with E-state index in [0.29, 0.717) is 28.7 Å². The third-order valence-electron chi connectivity index (χ3n) is 4.92. The minimum atomic E-state index is -3.71. The smallest absolute Gasteiger partial charge is 0.241 e. The Bertz CT molecular complexity index is 1060. The second-order valence-electron chi connectivity index (χ2n) is 6.85. The average molecular weight is 451 g/mol. The van der Waals surface area contributed by atoms with E-state index in [2.05, 4.69) is 5.32 Å². The third-order valence-corrected chi connectivity index (χ3v) is 6.66. The van der Waals surface area contributed by atoms with Crippen LogP contribution in [-0.4, -0.2) is 47.6 Å². The molecule has 0 bridgehead atoms. The van der Waals surface area contributed by atoms with Crippen LogP contribution in [0.2, 0.25) is 0 Å². The Morgan fingerprint density at radius 3 is 2.48 bits per heavy atom. The van der Waals surface area contributed by atoms with E-state index in [1.54, 1.807) is 44.4 Å². The largest absolute Gasteiger partial charge is 0.493 e. The molecule has 0 radical (unpaired) electrons. The van der Waals surface area contributed by atoms with Crippen molar-refractivity contribution in [2.45, 2.75) is 19.9 Å². The molecule has 1 aliphatic heterocycles. The maximum Gasteiger partial charge on any atom is 0.241 e. The summed E-state index contributed by atoms with van der Waals surface area (Å²) in [6.07, 6.45) is 0. The molecule has 0 aromatic heterocycles. The lowest BCUT2D eigenvalue weighted by Gasteiger charge is -2.25. The van der Waals surface area contributed by atoms with Gasteiger partial charge in [0.2, 0.25) is 22.7 Å². The fourth-order valence-corrected chi connectivity index (χ4v) is 4.23. The van der Waals surface area contributed by atoms with Crippen LogP contribution in [0.25, 0.3) is 0 Å². The molecule has 2 aromatic rings. The molecule has 1 aliphatic rings. The molecule has 3 rings (SSSR count). The molecule has 31 heavy (non-hydrogen) atoms. The predicted octanol–water partition coefficient (Wildman–Crippen LogP) is 2.47. The predicted molar refractivity (Wildman–Crippen MR) is 115 cm³/mol. The molecule has 1 heterocycles. The van der Waals surface area contributed by atoms with Crippen molar-refractivity contribution >= 4 is 21.6 Å². The summed E-state index contributed by atoms with van der Waals surface area (Å²) in [5.41, 5.74) is 1.12. The molecule has 2 aromatic carbocycles. The Morgan fingerprint density at radius 2 is 1.81 bits per heavy atom. The molecule has 0 spiro atoms. The van der Waals surface area contributed by atoms with Gasteiger partial charge in [-0.05, 0) is 43.7 Å². The number of methoxy groups -OCH3 is 2. The second-order valence-corrected chi connectivity index (χ2v) is 9.03. The first-order valence-electron chi connectivity index (χ1n) is 9.70. The maximum atomic E-state index is 12.8. The van der Waals surface area contributed by atoms with E-state index < -0.39 is 15.9 Å². The number of anilines is 1. The van der Waals surface area contributed by atoms with E-state index >= 15 is 0 Å². The number of amides is 1. The molecular formula is C21H26N2O7S. The van der Waals surface area contributed by atoms with Crippen molar-refractivity contribution in [3.63, 3.8) is 0 Å². The number of hydrogen-bond donors (Lipinski definition) is 1. The number of ether oxygens (including phenoxy) is 4. The summed E-state index contributed by atoms with van der Waals surface area (Å²) in [5.74, 6) is 1.48. The summed E-state index contributed by atoms with van der Waals surface area (Å²) in [4.78, 5) is 12.8. The van der Waals surface area contributed by atoms with Gasteiger partial charge in [-0.25, -0.2) is 8.42 Å². The van der Waals surface area contributed by atoms with E-state index in [-0.39, 0.29) is 25.1 Å². The van der Waals surface area contributed by atoms with Gasteiger partial charge in [-0.2, -0.15) is 0 Å². The molecule has 9 nitrogen and oxygen atoms in total. The van der Waals surface area contributed by atoms with Crippen molar-refractivity contribution in [3.05, 3.63) is 42.0 Å². The average Bonchev–Trinajstić information content (AvgIpc) is 3.24. The van der Waals surface area contributed by atoms with Crippen molar-refractivity contribution in [2.75, 3.05) is 37.6 Å². The lowest BCUT2D eigenvalue weighted by Crippen LogP contribution is -2.42. The molecule has 168 valence electrons. The van der Waals surface area contributed by atoms with Gasteiger partial charge in [0.05, 0.1) is 31.7 Å². The highest BCUT2D eigenvalue weighted by molar-refractivity contribution is 7.92. The topological polar surface area (TPSA) is 103 Å². The second kappa shape index (κ2) is 9.34. The SMILES string of the molecule is CCS(=O)(=O)N(CC(=O)NC(C)c1ccc(OC)c(OC)c1)c1ccc2c(c1)OCO2. The summed E-state index contributed by atoms with van der Waals surface area (Å²) in [6, 6.07) is 9.71. The van der Waals surface area contributed by atoms with Crippen LogP contribution in [0.1, 0.15) is 25.5 Å². The van der Waals surface area contributed by atoms with Crippen LogP contribution >= 0.6 is 0 Å². The normalized spacial score (nSPS) is 13.4. The number of benzene rings is 2. The van der Waals surface area contributed by atoms with Crippen LogP contribution in [0, 0.1) is 0 Å². The lowest BCUT2D eigenvalue weighted by molar-refractivity contribution is -0.120. The zero-order valence-electron chi connectivity index (χ0n) is 17.9. The number of nitrogens with one attached hydrogen (secondary N) is 1. The molecule has 10 heteroatoms. The molecule has 1 N–H and O–H groups in total. The van der Waals surface area contributed by atoms with E-state index in [0.717, 1.165) is 9.87 Å². The van der Waals surface area contributed by atoms with Gasteiger partial charge in [-0.3, -0.25) is 9.10 Å². The van der Waals surface area contributed by atoms with Crippen LogP contribution in [0.15, 0.2) is 36.4 Å². The van der Waals surface area contributed by atoms with Crippen LogP contribution in [0.3, 0.4) is 0 Å². The van der Waals surface area contributed by atoms with E-state index in [9.17, 15) is 13.2 Å².